The minimum absolute atomic E-state index is 0.211. The number of rotatable bonds is 3. The smallest absolute Gasteiger partial charge is 0.339 e. The average molecular weight is 233 g/mol. The maximum Gasteiger partial charge on any atom is 0.339 e. The lowest BCUT2D eigenvalue weighted by atomic mass is 9.86. The normalized spacial score (nSPS) is 27.2. The minimum Gasteiger partial charge on any atom is -0.462 e. The first-order chi connectivity index (χ1) is 8.27. The van der Waals surface area contributed by atoms with E-state index in [1.54, 1.807) is 6.20 Å². The molecule has 0 aromatic carbocycles. The van der Waals surface area contributed by atoms with Crippen LogP contribution in [0.3, 0.4) is 0 Å². The van der Waals surface area contributed by atoms with Crippen LogP contribution in [0.2, 0.25) is 0 Å². The number of hydrogen-bond acceptors (Lipinski definition) is 3. The van der Waals surface area contributed by atoms with Crippen molar-refractivity contribution in [2.45, 2.75) is 32.7 Å². The Hall–Kier alpha value is -1.51. The zero-order valence-electron chi connectivity index (χ0n) is 10.4. The van der Waals surface area contributed by atoms with Crippen molar-refractivity contribution in [2.75, 3.05) is 6.61 Å². The summed E-state index contributed by atoms with van der Waals surface area (Å²) in [4.78, 5) is 11.8. The van der Waals surface area contributed by atoms with E-state index in [0.717, 1.165) is 18.4 Å². The van der Waals surface area contributed by atoms with Crippen LogP contribution >= 0.6 is 0 Å². The number of allylic oxidation sites excluding steroid dienone is 2. The quantitative estimate of drug-likeness (QED) is 0.600. The fraction of sp³-hybridized carbons (Fsp3) is 0.500. The summed E-state index contributed by atoms with van der Waals surface area (Å²) in [7, 11) is 0. The summed E-state index contributed by atoms with van der Waals surface area (Å²) in [6, 6.07) is 0.312. The molecule has 2 atom stereocenters. The number of hydrogen-bond donors (Lipinski definition) is 1. The summed E-state index contributed by atoms with van der Waals surface area (Å²) in [5, 5.41) is 3.29. The molecule has 1 aliphatic heterocycles. The molecule has 0 fully saturated rings. The van der Waals surface area contributed by atoms with Gasteiger partial charge in [-0.3, -0.25) is 0 Å². The maximum atomic E-state index is 11.8. The first-order valence-electron chi connectivity index (χ1n) is 6.24. The number of fused-ring (bicyclic) bond motifs is 1. The third-order valence-electron chi connectivity index (χ3n) is 3.30. The molecule has 17 heavy (non-hydrogen) atoms. The zero-order valence-corrected chi connectivity index (χ0v) is 10.4. The van der Waals surface area contributed by atoms with Crippen LogP contribution in [-0.4, -0.2) is 18.6 Å². The van der Waals surface area contributed by atoms with Gasteiger partial charge in [0.15, 0.2) is 0 Å². The van der Waals surface area contributed by atoms with Crippen LogP contribution in [0.25, 0.3) is 0 Å². The largest absolute Gasteiger partial charge is 0.462 e. The molecule has 0 spiro atoms. The Balaban J connectivity index is 2.22. The van der Waals surface area contributed by atoms with E-state index < -0.39 is 0 Å². The van der Waals surface area contributed by atoms with Gasteiger partial charge in [0.2, 0.25) is 0 Å². The van der Waals surface area contributed by atoms with Crippen LogP contribution < -0.4 is 5.32 Å². The molecule has 2 unspecified atom stereocenters. The van der Waals surface area contributed by atoms with E-state index in [4.69, 9.17) is 4.74 Å². The number of carbonyl (C=O) groups is 1. The van der Waals surface area contributed by atoms with Gasteiger partial charge in [-0.15, -0.1) is 0 Å². The van der Waals surface area contributed by atoms with Gasteiger partial charge < -0.3 is 10.1 Å². The Kier molecular flexibility index (Phi) is 3.67. The molecule has 1 heterocycles. The molecule has 0 radical (unpaired) electrons. The van der Waals surface area contributed by atoms with Crippen LogP contribution in [0, 0.1) is 5.92 Å². The highest BCUT2D eigenvalue weighted by molar-refractivity contribution is 5.94. The van der Waals surface area contributed by atoms with Gasteiger partial charge in [-0.1, -0.05) is 18.2 Å². The van der Waals surface area contributed by atoms with E-state index in [2.05, 4.69) is 23.5 Å². The van der Waals surface area contributed by atoms with E-state index in [1.165, 1.54) is 0 Å². The molecule has 0 saturated carbocycles. The third kappa shape index (κ3) is 2.28. The second-order valence-corrected chi connectivity index (χ2v) is 4.34. The maximum absolute atomic E-state index is 11.8. The van der Waals surface area contributed by atoms with Crippen molar-refractivity contribution < 1.29 is 9.53 Å². The summed E-state index contributed by atoms with van der Waals surface area (Å²) in [6.07, 6.45) is 10.3. The molecule has 92 valence electrons. The fourth-order valence-electron chi connectivity index (χ4n) is 2.57. The SMILES string of the molecule is C/C=C/C1NC=C(C(=O)OCC)C2=CCCC21. The Morgan fingerprint density at radius 2 is 2.47 bits per heavy atom. The lowest BCUT2D eigenvalue weighted by Gasteiger charge is -2.29. The highest BCUT2D eigenvalue weighted by Crippen LogP contribution is 2.37. The molecular weight excluding hydrogens is 214 g/mol. The number of esters is 1. The predicted molar refractivity (Wildman–Crippen MR) is 67.3 cm³/mol. The second-order valence-electron chi connectivity index (χ2n) is 4.34. The van der Waals surface area contributed by atoms with E-state index in [-0.39, 0.29) is 5.97 Å². The van der Waals surface area contributed by atoms with Crippen LogP contribution in [-0.2, 0) is 9.53 Å². The molecule has 0 bridgehead atoms. The monoisotopic (exact) mass is 233 g/mol. The van der Waals surface area contributed by atoms with E-state index in [1.807, 2.05) is 13.8 Å². The van der Waals surface area contributed by atoms with Crippen molar-refractivity contribution in [1.29, 1.82) is 0 Å². The number of nitrogens with one attached hydrogen (secondary N) is 1. The van der Waals surface area contributed by atoms with Crippen LogP contribution in [0.5, 0.6) is 0 Å². The fourth-order valence-corrected chi connectivity index (χ4v) is 2.57. The molecule has 0 aromatic heterocycles. The van der Waals surface area contributed by atoms with Crippen molar-refractivity contribution >= 4 is 5.97 Å². The molecule has 0 amide bonds. The third-order valence-corrected chi connectivity index (χ3v) is 3.30. The van der Waals surface area contributed by atoms with E-state index in [0.29, 0.717) is 24.1 Å². The van der Waals surface area contributed by atoms with Gasteiger partial charge in [0, 0.05) is 12.1 Å². The summed E-state index contributed by atoms with van der Waals surface area (Å²) in [5.41, 5.74) is 1.86. The number of ether oxygens (including phenoxy) is 1. The topological polar surface area (TPSA) is 38.3 Å². The van der Waals surface area contributed by atoms with Gasteiger partial charge >= 0.3 is 5.97 Å². The van der Waals surface area contributed by atoms with Crippen LogP contribution in [0.4, 0.5) is 0 Å². The summed E-state index contributed by atoms with van der Waals surface area (Å²) in [6.45, 7) is 4.27. The van der Waals surface area contributed by atoms with Gasteiger partial charge in [-0.2, -0.15) is 0 Å². The Morgan fingerprint density at radius 1 is 1.65 bits per heavy atom. The van der Waals surface area contributed by atoms with Gasteiger partial charge in [0.1, 0.15) is 0 Å². The lowest BCUT2D eigenvalue weighted by molar-refractivity contribution is -0.138. The van der Waals surface area contributed by atoms with E-state index in [9.17, 15) is 4.79 Å². The Morgan fingerprint density at radius 3 is 3.18 bits per heavy atom. The zero-order chi connectivity index (χ0) is 12.3. The second kappa shape index (κ2) is 5.21. The summed E-state index contributed by atoms with van der Waals surface area (Å²) >= 11 is 0. The molecule has 1 aliphatic carbocycles. The molecule has 2 aliphatic rings. The lowest BCUT2D eigenvalue weighted by Crippen LogP contribution is -2.37. The highest BCUT2D eigenvalue weighted by atomic mass is 16.5. The first kappa shape index (κ1) is 12.0. The average Bonchev–Trinajstić information content (AvgIpc) is 2.79. The minimum atomic E-state index is -0.211. The van der Waals surface area contributed by atoms with Gasteiger partial charge in [-0.05, 0) is 32.3 Å². The Bertz CT molecular complexity index is 393. The molecular formula is C14H19NO2. The van der Waals surface area contributed by atoms with Gasteiger partial charge in [0.05, 0.1) is 18.2 Å². The van der Waals surface area contributed by atoms with Crippen LogP contribution in [0.15, 0.2) is 35.6 Å². The van der Waals surface area contributed by atoms with Crippen molar-refractivity contribution in [3.63, 3.8) is 0 Å². The predicted octanol–water partition coefficient (Wildman–Crippen LogP) is 2.32. The van der Waals surface area contributed by atoms with Crippen molar-refractivity contribution in [1.82, 2.24) is 5.32 Å². The Labute approximate surface area is 102 Å². The molecule has 3 heteroatoms. The van der Waals surface area contributed by atoms with Gasteiger partial charge in [0.25, 0.3) is 0 Å². The molecule has 0 saturated heterocycles. The first-order valence-corrected chi connectivity index (χ1v) is 6.24. The van der Waals surface area contributed by atoms with Gasteiger partial charge in [-0.25, -0.2) is 4.79 Å². The standard InChI is InChI=1S/C14H19NO2/c1-3-6-13-11-8-5-7-10(11)12(9-15-13)14(16)17-4-2/h3,6-7,9,11,13,15H,4-5,8H2,1-2H3/b6-3+. The summed E-state index contributed by atoms with van der Waals surface area (Å²) < 4.78 is 5.08. The van der Waals surface area contributed by atoms with Crippen molar-refractivity contribution in [3.05, 3.63) is 35.6 Å². The molecule has 3 nitrogen and oxygen atoms in total. The molecule has 1 N–H and O–H groups in total. The summed E-state index contributed by atoms with van der Waals surface area (Å²) in [5.74, 6) is 0.202. The number of carbonyl (C=O) groups excluding carboxylic acids is 1. The highest BCUT2D eigenvalue weighted by Gasteiger charge is 2.34. The molecule has 2 rings (SSSR count). The van der Waals surface area contributed by atoms with Crippen molar-refractivity contribution in [2.24, 2.45) is 5.92 Å². The van der Waals surface area contributed by atoms with Crippen molar-refractivity contribution in [3.8, 4) is 0 Å². The molecule has 0 aromatic rings. The van der Waals surface area contributed by atoms with E-state index >= 15 is 0 Å². The van der Waals surface area contributed by atoms with Crippen LogP contribution in [0.1, 0.15) is 26.7 Å².